The van der Waals surface area contributed by atoms with E-state index in [1.165, 1.54) is 0 Å². The van der Waals surface area contributed by atoms with Crippen molar-refractivity contribution in [3.05, 3.63) is 11.8 Å². The number of methoxy groups -OCH3 is 1. The quantitative estimate of drug-likeness (QED) is 0.763. The lowest BCUT2D eigenvalue weighted by Gasteiger charge is -2.08. The van der Waals surface area contributed by atoms with E-state index < -0.39 is 0 Å². The monoisotopic (exact) mass is 183 g/mol. The van der Waals surface area contributed by atoms with Gasteiger partial charge in [0, 0.05) is 19.3 Å². The molecule has 0 aliphatic carbocycles. The molecule has 4 nitrogen and oxygen atoms in total. The van der Waals surface area contributed by atoms with Crippen molar-refractivity contribution in [2.24, 2.45) is 12.8 Å². The van der Waals surface area contributed by atoms with Gasteiger partial charge in [-0.05, 0) is 6.42 Å². The number of hydrogen-bond donors (Lipinski definition) is 1. The molecular weight excluding hydrogens is 166 g/mol. The van der Waals surface area contributed by atoms with Crippen LogP contribution in [0.3, 0.4) is 0 Å². The van der Waals surface area contributed by atoms with E-state index >= 15 is 0 Å². The first-order chi connectivity index (χ1) is 6.19. The molecule has 0 saturated heterocycles. The molecule has 1 unspecified atom stereocenters. The second-order valence-electron chi connectivity index (χ2n) is 3.16. The molecule has 0 radical (unpaired) electrons. The summed E-state index contributed by atoms with van der Waals surface area (Å²) in [6, 6.07) is 0.0358. The van der Waals surface area contributed by atoms with E-state index in [0.29, 0.717) is 5.88 Å². The van der Waals surface area contributed by atoms with Gasteiger partial charge in [0.1, 0.15) is 0 Å². The second-order valence-corrected chi connectivity index (χ2v) is 3.16. The molecule has 74 valence electrons. The van der Waals surface area contributed by atoms with Crippen molar-refractivity contribution in [2.75, 3.05) is 7.11 Å². The minimum absolute atomic E-state index is 0.0358. The molecule has 0 aromatic carbocycles. The molecule has 0 aliphatic heterocycles. The summed E-state index contributed by atoms with van der Waals surface area (Å²) < 4.78 is 6.85. The Morgan fingerprint density at radius 3 is 2.92 bits per heavy atom. The van der Waals surface area contributed by atoms with Crippen LogP contribution in [-0.4, -0.2) is 16.9 Å². The third kappa shape index (κ3) is 2.21. The van der Waals surface area contributed by atoms with E-state index in [1.807, 2.05) is 13.2 Å². The fraction of sp³-hybridized carbons (Fsp3) is 0.667. The molecule has 13 heavy (non-hydrogen) atoms. The van der Waals surface area contributed by atoms with Gasteiger partial charge in [-0.2, -0.15) is 0 Å². The molecule has 0 spiro atoms. The van der Waals surface area contributed by atoms with E-state index in [1.54, 1.807) is 11.8 Å². The summed E-state index contributed by atoms with van der Waals surface area (Å²) in [6.45, 7) is 2.11. The molecule has 0 bridgehead atoms. The second kappa shape index (κ2) is 4.28. The van der Waals surface area contributed by atoms with Crippen LogP contribution in [0.2, 0.25) is 0 Å². The van der Waals surface area contributed by atoms with Gasteiger partial charge in [0.2, 0.25) is 5.88 Å². The van der Waals surface area contributed by atoms with Crippen molar-refractivity contribution in [3.63, 3.8) is 0 Å². The van der Waals surface area contributed by atoms with Crippen LogP contribution in [0.15, 0.2) is 6.20 Å². The number of ether oxygens (including phenoxy) is 1. The van der Waals surface area contributed by atoms with Crippen molar-refractivity contribution < 1.29 is 4.74 Å². The summed E-state index contributed by atoms with van der Waals surface area (Å²) in [5.41, 5.74) is 6.95. The molecule has 1 atom stereocenters. The zero-order chi connectivity index (χ0) is 9.84. The number of aryl methyl sites for hydroxylation is 1. The maximum absolute atomic E-state index is 5.96. The van der Waals surface area contributed by atoms with Gasteiger partial charge in [-0.15, -0.1) is 5.10 Å². The van der Waals surface area contributed by atoms with Crippen molar-refractivity contribution in [3.8, 4) is 5.88 Å². The molecule has 2 N–H and O–H groups in total. The lowest BCUT2D eigenvalue weighted by molar-refractivity contribution is 0.383. The van der Waals surface area contributed by atoms with Crippen LogP contribution in [0, 0.1) is 0 Å². The molecule has 0 fully saturated rings. The Hall–Kier alpha value is -1.03. The lowest BCUT2D eigenvalue weighted by Crippen LogP contribution is -2.09. The van der Waals surface area contributed by atoms with E-state index in [0.717, 1.165) is 18.4 Å². The Morgan fingerprint density at radius 1 is 1.69 bits per heavy atom. The number of nitrogens with two attached hydrogens (primary N) is 1. The van der Waals surface area contributed by atoms with Crippen molar-refractivity contribution in [1.82, 2.24) is 9.78 Å². The highest BCUT2D eigenvalue weighted by molar-refractivity contribution is 5.26. The minimum Gasteiger partial charge on any atom is -0.480 e. The van der Waals surface area contributed by atoms with E-state index in [4.69, 9.17) is 10.5 Å². The van der Waals surface area contributed by atoms with Crippen LogP contribution >= 0.6 is 0 Å². The third-order valence-electron chi connectivity index (χ3n) is 2.01. The topological polar surface area (TPSA) is 53.1 Å². The first-order valence-corrected chi connectivity index (χ1v) is 4.52. The fourth-order valence-electron chi connectivity index (χ4n) is 1.37. The Bertz CT molecular complexity index is 270. The summed E-state index contributed by atoms with van der Waals surface area (Å²) in [6.07, 6.45) is 3.94. The summed E-state index contributed by atoms with van der Waals surface area (Å²) >= 11 is 0. The SMILES string of the molecule is CCCC(N)c1cn(C)nc1OC. The van der Waals surface area contributed by atoms with Crippen LogP contribution < -0.4 is 10.5 Å². The molecule has 4 heteroatoms. The molecule has 0 aliphatic rings. The number of rotatable bonds is 4. The zero-order valence-corrected chi connectivity index (χ0v) is 8.45. The lowest BCUT2D eigenvalue weighted by atomic mass is 10.1. The summed E-state index contributed by atoms with van der Waals surface area (Å²) in [4.78, 5) is 0. The Morgan fingerprint density at radius 2 is 2.38 bits per heavy atom. The largest absolute Gasteiger partial charge is 0.480 e. The fourth-order valence-corrected chi connectivity index (χ4v) is 1.37. The van der Waals surface area contributed by atoms with Crippen LogP contribution in [0.25, 0.3) is 0 Å². The average molecular weight is 183 g/mol. The molecule has 0 saturated carbocycles. The number of aromatic nitrogens is 2. The zero-order valence-electron chi connectivity index (χ0n) is 8.45. The molecule has 1 aromatic rings. The van der Waals surface area contributed by atoms with Gasteiger partial charge >= 0.3 is 0 Å². The highest BCUT2D eigenvalue weighted by Crippen LogP contribution is 2.24. The highest BCUT2D eigenvalue weighted by atomic mass is 16.5. The van der Waals surface area contributed by atoms with Crippen LogP contribution in [-0.2, 0) is 7.05 Å². The highest BCUT2D eigenvalue weighted by Gasteiger charge is 2.14. The molecule has 1 aromatic heterocycles. The van der Waals surface area contributed by atoms with Gasteiger partial charge < -0.3 is 10.5 Å². The first kappa shape index (κ1) is 10.1. The average Bonchev–Trinajstić information content (AvgIpc) is 2.47. The van der Waals surface area contributed by atoms with E-state index in [9.17, 15) is 0 Å². The third-order valence-corrected chi connectivity index (χ3v) is 2.01. The Labute approximate surface area is 78.7 Å². The summed E-state index contributed by atoms with van der Waals surface area (Å²) in [5, 5.41) is 4.15. The van der Waals surface area contributed by atoms with Crippen molar-refractivity contribution >= 4 is 0 Å². The van der Waals surface area contributed by atoms with Crippen molar-refractivity contribution in [1.29, 1.82) is 0 Å². The minimum atomic E-state index is 0.0358. The van der Waals surface area contributed by atoms with Gasteiger partial charge in [0.25, 0.3) is 0 Å². The van der Waals surface area contributed by atoms with Crippen LogP contribution in [0.5, 0.6) is 5.88 Å². The normalized spacial score (nSPS) is 12.9. The summed E-state index contributed by atoms with van der Waals surface area (Å²) in [5.74, 6) is 0.642. The molecule has 1 rings (SSSR count). The van der Waals surface area contributed by atoms with Gasteiger partial charge in [-0.3, -0.25) is 4.68 Å². The van der Waals surface area contributed by atoms with E-state index in [2.05, 4.69) is 12.0 Å². The Kier molecular flexibility index (Phi) is 3.31. The van der Waals surface area contributed by atoms with E-state index in [-0.39, 0.29) is 6.04 Å². The molecule has 0 amide bonds. The van der Waals surface area contributed by atoms with Gasteiger partial charge in [0.15, 0.2) is 0 Å². The smallest absolute Gasteiger partial charge is 0.237 e. The van der Waals surface area contributed by atoms with Gasteiger partial charge in [0.05, 0.1) is 12.7 Å². The standard InChI is InChI=1S/C9H17N3O/c1-4-5-8(10)7-6-12(2)11-9(7)13-3/h6,8H,4-5,10H2,1-3H3. The van der Waals surface area contributed by atoms with Gasteiger partial charge in [-0.25, -0.2) is 0 Å². The van der Waals surface area contributed by atoms with Gasteiger partial charge in [-0.1, -0.05) is 13.3 Å². The molecular formula is C9H17N3O. The first-order valence-electron chi connectivity index (χ1n) is 4.52. The number of hydrogen-bond acceptors (Lipinski definition) is 3. The van der Waals surface area contributed by atoms with Crippen LogP contribution in [0.4, 0.5) is 0 Å². The van der Waals surface area contributed by atoms with Crippen LogP contribution in [0.1, 0.15) is 31.4 Å². The maximum atomic E-state index is 5.96. The maximum Gasteiger partial charge on any atom is 0.237 e. The summed E-state index contributed by atoms with van der Waals surface area (Å²) in [7, 11) is 3.48. The number of nitrogens with zero attached hydrogens (tertiary/aromatic N) is 2. The predicted molar refractivity (Wildman–Crippen MR) is 51.6 cm³/mol. The Balaban J connectivity index is 2.84. The van der Waals surface area contributed by atoms with Crippen molar-refractivity contribution in [2.45, 2.75) is 25.8 Å². The molecule has 1 heterocycles. The predicted octanol–water partition coefficient (Wildman–Crippen LogP) is 1.23.